The number of methoxy groups -OCH3 is 1. The van der Waals surface area contributed by atoms with Crippen LogP contribution in [0.3, 0.4) is 0 Å². The Morgan fingerprint density at radius 2 is 1.84 bits per heavy atom. The predicted octanol–water partition coefficient (Wildman–Crippen LogP) is 5.03. The topological polar surface area (TPSA) is 57.8 Å². The summed E-state index contributed by atoms with van der Waals surface area (Å²) in [6.45, 7) is 1.80. The van der Waals surface area contributed by atoms with E-state index in [2.05, 4.69) is 15.2 Å². The largest absolute Gasteiger partial charge is 0.497 e. The van der Waals surface area contributed by atoms with Gasteiger partial charge in [0.2, 0.25) is 0 Å². The maximum atomic E-state index is 14.2. The number of ether oxygens (including phenoxy) is 1. The number of pyridine rings is 1. The maximum absolute atomic E-state index is 14.2. The van der Waals surface area contributed by atoms with Crippen molar-refractivity contribution in [1.29, 1.82) is 0 Å². The highest BCUT2D eigenvalue weighted by Gasteiger charge is 2.39. The molecule has 0 bridgehead atoms. The fourth-order valence-corrected chi connectivity index (χ4v) is 3.80. The van der Waals surface area contributed by atoms with Gasteiger partial charge in [0.25, 0.3) is 0 Å². The van der Waals surface area contributed by atoms with Gasteiger partial charge in [0.15, 0.2) is 5.65 Å². The molecule has 9 heteroatoms. The van der Waals surface area contributed by atoms with Crippen LogP contribution in [0.25, 0.3) is 28.0 Å². The van der Waals surface area contributed by atoms with E-state index in [1.165, 1.54) is 4.68 Å². The van der Waals surface area contributed by atoms with Crippen LogP contribution in [0.15, 0.2) is 36.5 Å². The Morgan fingerprint density at radius 3 is 2.39 bits per heavy atom. The van der Waals surface area contributed by atoms with Gasteiger partial charge in [0.05, 0.1) is 41.3 Å². The highest BCUT2D eigenvalue weighted by molar-refractivity contribution is 5.88. The van der Waals surface area contributed by atoms with Gasteiger partial charge in [0, 0.05) is 24.2 Å². The minimum atomic E-state index is -4.54. The Kier molecular flexibility index (Phi) is 4.32. The van der Waals surface area contributed by atoms with Crippen LogP contribution < -0.4 is 4.74 Å². The number of nitrogens with zero attached hydrogens (tertiary/aromatic N) is 5. The number of hydrogen-bond acceptors (Lipinski definition) is 4. The van der Waals surface area contributed by atoms with E-state index in [1.54, 1.807) is 56.2 Å². The van der Waals surface area contributed by atoms with Crippen molar-refractivity contribution in [3.05, 3.63) is 53.5 Å². The monoisotopic (exact) mass is 427 g/mol. The van der Waals surface area contributed by atoms with Crippen LogP contribution in [0.4, 0.5) is 13.2 Å². The molecule has 0 radical (unpaired) electrons. The molecule has 1 aliphatic carbocycles. The van der Waals surface area contributed by atoms with E-state index >= 15 is 0 Å². The molecular weight excluding hydrogens is 407 g/mol. The van der Waals surface area contributed by atoms with Gasteiger partial charge in [-0.05, 0) is 50.1 Å². The van der Waals surface area contributed by atoms with E-state index < -0.39 is 11.7 Å². The zero-order valence-corrected chi connectivity index (χ0v) is 17.2. The van der Waals surface area contributed by atoms with Crippen molar-refractivity contribution in [3.8, 4) is 22.7 Å². The highest BCUT2D eigenvalue weighted by Crippen LogP contribution is 2.47. The second-order valence-electron chi connectivity index (χ2n) is 7.79. The van der Waals surface area contributed by atoms with E-state index in [0.717, 1.165) is 24.6 Å². The van der Waals surface area contributed by atoms with Gasteiger partial charge in [-0.15, -0.1) is 0 Å². The standard InChI is InChI=1S/C22H20F3N5O/c1-12-16(11-26-29(12)2)18-10-17(22(23,24)25)19-20(13-4-5-13)28-30(21(19)27-18)14-6-8-15(31-3)9-7-14/h6-11,13H,4-5H2,1-3H3. The number of alkyl halides is 3. The fraction of sp³-hybridized carbons (Fsp3) is 0.318. The molecule has 0 unspecified atom stereocenters. The van der Waals surface area contributed by atoms with E-state index in [0.29, 0.717) is 22.7 Å². The summed E-state index contributed by atoms with van der Waals surface area (Å²) in [6, 6.07) is 8.15. The predicted molar refractivity (Wildman–Crippen MR) is 109 cm³/mol. The van der Waals surface area contributed by atoms with Gasteiger partial charge in [-0.2, -0.15) is 23.4 Å². The van der Waals surface area contributed by atoms with E-state index in [-0.39, 0.29) is 22.6 Å². The second-order valence-corrected chi connectivity index (χ2v) is 7.79. The summed E-state index contributed by atoms with van der Waals surface area (Å²) in [6.07, 6.45) is -1.34. The molecule has 0 saturated heterocycles. The van der Waals surface area contributed by atoms with Crippen LogP contribution in [0.2, 0.25) is 0 Å². The zero-order valence-electron chi connectivity index (χ0n) is 17.2. The summed E-state index contributed by atoms with van der Waals surface area (Å²) in [4.78, 5) is 4.66. The number of hydrogen-bond donors (Lipinski definition) is 0. The van der Waals surface area contributed by atoms with Crippen LogP contribution in [-0.2, 0) is 13.2 Å². The average Bonchev–Trinajstić information content (AvgIpc) is 3.44. The Hall–Kier alpha value is -3.36. The maximum Gasteiger partial charge on any atom is 0.417 e. The quantitative estimate of drug-likeness (QED) is 0.458. The molecule has 0 N–H and O–H groups in total. The molecule has 160 valence electrons. The molecular formula is C22H20F3N5O. The number of rotatable bonds is 4. The summed E-state index contributed by atoms with van der Waals surface area (Å²) in [5.41, 5.74) is 2.08. The molecule has 1 fully saturated rings. The van der Waals surface area contributed by atoms with Crippen LogP contribution in [0.1, 0.15) is 35.7 Å². The van der Waals surface area contributed by atoms with Gasteiger partial charge >= 0.3 is 6.18 Å². The van der Waals surface area contributed by atoms with Gasteiger partial charge < -0.3 is 4.74 Å². The highest BCUT2D eigenvalue weighted by atomic mass is 19.4. The Morgan fingerprint density at radius 1 is 1.13 bits per heavy atom. The molecule has 0 spiro atoms. The first-order valence-electron chi connectivity index (χ1n) is 9.92. The van der Waals surface area contributed by atoms with Crippen molar-refractivity contribution in [3.63, 3.8) is 0 Å². The lowest BCUT2D eigenvalue weighted by atomic mass is 10.0. The third-order valence-corrected chi connectivity index (χ3v) is 5.76. The number of aromatic nitrogens is 5. The van der Waals surface area contributed by atoms with Crippen molar-refractivity contribution in [1.82, 2.24) is 24.5 Å². The minimum Gasteiger partial charge on any atom is -0.497 e. The van der Waals surface area contributed by atoms with Crippen molar-refractivity contribution in [2.45, 2.75) is 31.9 Å². The summed E-state index contributed by atoms with van der Waals surface area (Å²) < 4.78 is 50.9. The lowest BCUT2D eigenvalue weighted by Crippen LogP contribution is -2.08. The number of aryl methyl sites for hydroxylation is 1. The third-order valence-electron chi connectivity index (χ3n) is 5.76. The van der Waals surface area contributed by atoms with E-state index in [1.807, 2.05) is 0 Å². The molecule has 5 rings (SSSR count). The molecule has 0 atom stereocenters. The first-order chi connectivity index (χ1) is 14.8. The molecule has 3 aromatic heterocycles. The van der Waals surface area contributed by atoms with E-state index in [4.69, 9.17) is 4.74 Å². The number of benzene rings is 1. The second kappa shape index (κ2) is 6.83. The normalized spacial score (nSPS) is 14.4. The smallest absolute Gasteiger partial charge is 0.417 e. The average molecular weight is 427 g/mol. The molecule has 4 aromatic rings. The lowest BCUT2D eigenvalue weighted by Gasteiger charge is -2.12. The summed E-state index contributed by atoms with van der Waals surface area (Å²) in [5, 5.41) is 8.85. The van der Waals surface area contributed by atoms with Crippen molar-refractivity contribution in [2.24, 2.45) is 7.05 Å². The molecule has 1 aliphatic rings. The third kappa shape index (κ3) is 3.24. The first kappa shape index (κ1) is 19.6. The Balaban J connectivity index is 1.83. The van der Waals surface area contributed by atoms with Gasteiger partial charge in [-0.25, -0.2) is 9.67 Å². The van der Waals surface area contributed by atoms with Crippen LogP contribution in [-0.4, -0.2) is 31.7 Å². The summed E-state index contributed by atoms with van der Waals surface area (Å²) in [5.74, 6) is 0.675. The number of fused-ring (bicyclic) bond motifs is 1. The molecule has 0 aliphatic heterocycles. The Labute approximate surface area is 176 Å². The van der Waals surface area contributed by atoms with Gasteiger partial charge in [0.1, 0.15) is 5.75 Å². The molecule has 0 amide bonds. The summed E-state index contributed by atoms with van der Waals surface area (Å²) >= 11 is 0. The molecule has 1 aromatic carbocycles. The Bertz CT molecular complexity index is 1280. The van der Waals surface area contributed by atoms with Crippen molar-refractivity contribution >= 4 is 11.0 Å². The van der Waals surface area contributed by atoms with Crippen LogP contribution in [0.5, 0.6) is 5.75 Å². The summed E-state index contributed by atoms with van der Waals surface area (Å²) in [7, 11) is 3.30. The van der Waals surface area contributed by atoms with Crippen LogP contribution >= 0.6 is 0 Å². The van der Waals surface area contributed by atoms with Crippen molar-refractivity contribution < 1.29 is 17.9 Å². The van der Waals surface area contributed by atoms with Crippen LogP contribution in [0, 0.1) is 6.92 Å². The van der Waals surface area contributed by atoms with Gasteiger partial charge in [-0.3, -0.25) is 4.68 Å². The minimum absolute atomic E-state index is 0.0240. The molecule has 6 nitrogen and oxygen atoms in total. The molecule has 3 heterocycles. The van der Waals surface area contributed by atoms with Gasteiger partial charge in [-0.1, -0.05) is 0 Å². The lowest BCUT2D eigenvalue weighted by molar-refractivity contribution is -0.136. The number of halogens is 3. The molecule has 1 saturated carbocycles. The first-order valence-corrected chi connectivity index (χ1v) is 9.92. The van der Waals surface area contributed by atoms with Crippen molar-refractivity contribution in [2.75, 3.05) is 7.11 Å². The van der Waals surface area contributed by atoms with E-state index in [9.17, 15) is 13.2 Å². The fourth-order valence-electron chi connectivity index (χ4n) is 3.80. The molecule has 31 heavy (non-hydrogen) atoms. The zero-order chi connectivity index (χ0) is 21.9. The SMILES string of the molecule is COc1ccc(-n2nc(C3CC3)c3c(C(F)(F)F)cc(-c4cnn(C)c4C)nc32)cc1.